The highest BCUT2D eigenvalue weighted by Gasteiger charge is 2.15. The molecule has 0 radical (unpaired) electrons. The fourth-order valence-corrected chi connectivity index (χ4v) is 1.96. The number of hydrogen-bond donors (Lipinski definition) is 2. The maximum Gasteiger partial charge on any atom is 0.243 e. The normalized spacial score (nSPS) is 12.6. The fraction of sp³-hybridized carbons (Fsp3) is 0.538. The zero-order valence-corrected chi connectivity index (χ0v) is 12.1. The molecule has 0 fully saturated rings. The van der Waals surface area contributed by atoms with Gasteiger partial charge in [-0.2, -0.15) is 4.80 Å². The van der Waals surface area contributed by atoms with Gasteiger partial charge in [-0.05, 0) is 29.7 Å². The molecule has 0 aliphatic rings. The predicted octanol–water partition coefficient (Wildman–Crippen LogP) is 0.456. The Hall–Kier alpha value is -2.22. The summed E-state index contributed by atoms with van der Waals surface area (Å²) in [5.41, 5.74) is 0. The minimum atomic E-state index is -0.266. The van der Waals surface area contributed by atoms with E-state index in [4.69, 9.17) is 4.42 Å². The number of nitrogens with zero attached hydrogens (tertiary/aromatic N) is 4. The van der Waals surface area contributed by atoms with Crippen LogP contribution in [-0.2, 0) is 11.3 Å². The first kappa shape index (κ1) is 15.2. The lowest BCUT2D eigenvalue weighted by Crippen LogP contribution is -2.40. The van der Waals surface area contributed by atoms with Crippen LogP contribution in [0.3, 0.4) is 0 Å². The highest BCUT2D eigenvalue weighted by molar-refractivity contribution is 5.75. The van der Waals surface area contributed by atoms with Crippen LogP contribution in [0.4, 0.5) is 0 Å². The van der Waals surface area contributed by atoms with Gasteiger partial charge in [-0.3, -0.25) is 4.79 Å². The summed E-state index contributed by atoms with van der Waals surface area (Å²) in [6, 6.07) is 3.18. The van der Waals surface area contributed by atoms with Crippen molar-refractivity contribution in [2.75, 3.05) is 6.61 Å². The summed E-state index contributed by atoms with van der Waals surface area (Å²) in [4.78, 5) is 13.1. The van der Waals surface area contributed by atoms with E-state index in [-0.39, 0.29) is 25.1 Å². The maximum absolute atomic E-state index is 11.9. The van der Waals surface area contributed by atoms with E-state index >= 15 is 0 Å². The smallest absolute Gasteiger partial charge is 0.243 e. The molecular weight excluding hydrogens is 274 g/mol. The van der Waals surface area contributed by atoms with Crippen molar-refractivity contribution in [3.8, 4) is 11.6 Å². The molecule has 0 saturated heterocycles. The van der Waals surface area contributed by atoms with Gasteiger partial charge >= 0.3 is 0 Å². The van der Waals surface area contributed by atoms with Crippen LogP contribution in [0.2, 0.25) is 0 Å². The third kappa shape index (κ3) is 4.38. The minimum Gasteiger partial charge on any atom is -0.461 e. The molecule has 114 valence electrons. The van der Waals surface area contributed by atoms with Gasteiger partial charge in [-0.1, -0.05) is 13.8 Å². The van der Waals surface area contributed by atoms with E-state index in [2.05, 4.69) is 20.7 Å². The molecule has 2 N–H and O–H groups in total. The summed E-state index contributed by atoms with van der Waals surface area (Å²) >= 11 is 0. The van der Waals surface area contributed by atoms with E-state index in [1.807, 2.05) is 13.8 Å². The first-order valence-corrected chi connectivity index (χ1v) is 6.80. The van der Waals surface area contributed by atoms with Gasteiger partial charge in [0.1, 0.15) is 6.54 Å². The zero-order chi connectivity index (χ0) is 15.2. The number of carbonyl (C=O) groups is 1. The molecule has 1 unspecified atom stereocenters. The number of aromatic nitrogens is 4. The van der Waals surface area contributed by atoms with Crippen LogP contribution < -0.4 is 5.32 Å². The van der Waals surface area contributed by atoms with Gasteiger partial charge in [0, 0.05) is 0 Å². The lowest BCUT2D eigenvalue weighted by Gasteiger charge is -2.17. The molecule has 0 saturated carbocycles. The van der Waals surface area contributed by atoms with E-state index in [1.54, 1.807) is 12.1 Å². The SMILES string of the molecule is CC(C)CC(CO)NC(=O)Cn1nnc(-c2ccco2)n1. The summed E-state index contributed by atoms with van der Waals surface area (Å²) in [7, 11) is 0. The third-order valence-corrected chi connectivity index (χ3v) is 2.82. The largest absolute Gasteiger partial charge is 0.461 e. The Morgan fingerprint density at radius 3 is 2.95 bits per heavy atom. The number of amides is 1. The Kier molecular flexibility index (Phi) is 5.04. The molecule has 0 aliphatic carbocycles. The number of carbonyl (C=O) groups excluding carboxylic acids is 1. The topological polar surface area (TPSA) is 106 Å². The fourth-order valence-electron chi connectivity index (χ4n) is 1.96. The van der Waals surface area contributed by atoms with Crippen molar-refractivity contribution >= 4 is 5.91 Å². The molecule has 2 rings (SSSR count). The van der Waals surface area contributed by atoms with Gasteiger partial charge in [0.25, 0.3) is 0 Å². The van der Waals surface area contributed by atoms with Crippen LogP contribution in [0, 0.1) is 5.92 Å². The van der Waals surface area contributed by atoms with E-state index in [9.17, 15) is 9.90 Å². The van der Waals surface area contributed by atoms with E-state index in [0.717, 1.165) is 0 Å². The van der Waals surface area contributed by atoms with E-state index in [1.165, 1.54) is 11.1 Å². The van der Waals surface area contributed by atoms with E-state index < -0.39 is 0 Å². The zero-order valence-electron chi connectivity index (χ0n) is 12.1. The Labute approximate surface area is 122 Å². The predicted molar refractivity (Wildman–Crippen MR) is 74.0 cm³/mol. The third-order valence-electron chi connectivity index (χ3n) is 2.82. The van der Waals surface area contributed by atoms with Crippen LogP contribution in [-0.4, -0.2) is 43.9 Å². The number of nitrogens with one attached hydrogen (secondary N) is 1. The molecule has 8 nitrogen and oxygen atoms in total. The van der Waals surface area contributed by atoms with Crippen molar-refractivity contribution in [3.05, 3.63) is 18.4 Å². The Balaban J connectivity index is 1.91. The number of tetrazole rings is 1. The molecule has 0 spiro atoms. The van der Waals surface area contributed by atoms with Gasteiger partial charge in [0.15, 0.2) is 5.76 Å². The number of hydrogen-bond acceptors (Lipinski definition) is 6. The van der Waals surface area contributed by atoms with Crippen LogP contribution in [0.25, 0.3) is 11.6 Å². The second-order valence-electron chi connectivity index (χ2n) is 5.20. The number of furan rings is 1. The monoisotopic (exact) mass is 293 g/mol. The van der Waals surface area contributed by atoms with Crippen LogP contribution in [0.5, 0.6) is 0 Å². The van der Waals surface area contributed by atoms with Crippen molar-refractivity contribution in [1.29, 1.82) is 0 Å². The Morgan fingerprint density at radius 2 is 2.33 bits per heavy atom. The van der Waals surface area contributed by atoms with E-state index in [0.29, 0.717) is 23.9 Å². The molecule has 1 amide bonds. The van der Waals surface area contributed by atoms with Gasteiger partial charge in [0.2, 0.25) is 11.7 Å². The number of rotatable bonds is 7. The summed E-state index contributed by atoms with van der Waals surface area (Å²) < 4.78 is 5.15. The highest BCUT2D eigenvalue weighted by atomic mass is 16.3. The molecule has 0 bridgehead atoms. The van der Waals surface area contributed by atoms with Gasteiger partial charge in [-0.25, -0.2) is 0 Å². The lowest BCUT2D eigenvalue weighted by atomic mass is 10.0. The first-order chi connectivity index (χ1) is 10.1. The highest BCUT2D eigenvalue weighted by Crippen LogP contribution is 2.12. The Morgan fingerprint density at radius 1 is 1.52 bits per heavy atom. The molecule has 21 heavy (non-hydrogen) atoms. The van der Waals surface area contributed by atoms with Crippen molar-refractivity contribution in [1.82, 2.24) is 25.5 Å². The van der Waals surface area contributed by atoms with Crippen molar-refractivity contribution in [3.63, 3.8) is 0 Å². The van der Waals surface area contributed by atoms with Crippen molar-refractivity contribution in [2.45, 2.75) is 32.9 Å². The molecule has 2 aromatic heterocycles. The molecule has 1 atom stereocenters. The molecular formula is C13H19N5O3. The average molecular weight is 293 g/mol. The van der Waals surface area contributed by atoms with Crippen molar-refractivity contribution < 1.29 is 14.3 Å². The second kappa shape index (κ2) is 6.98. The standard InChI is InChI=1S/C13H19N5O3/c1-9(2)6-10(8-19)14-12(20)7-18-16-13(15-17-18)11-4-3-5-21-11/h3-5,9-10,19H,6-8H2,1-2H3,(H,14,20). The summed E-state index contributed by atoms with van der Waals surface area (Å²) in [6.45, 7) is 3.92. The molecule has 2 aromatic rings. The quantitative estimate of drug-likeness (QED) is 0.768. The van der Waals surface area contributed by atoms with Gasteiger partial charge < -0.3 is 14.8 Å². The van der Waals surface area contributed by atoms with Crippen LogP contribution in [0.1, 0.15) is 20.3 Å². The van der Waals surface area contributed by atoms with Gasteiger partial charge in [-0.15, -0.1) is 10.2 Å². The molecule has 0 aromatic carbocycles. The summed E-state index contributed by atoms with van der Waals surface area (Å²) in [5, 5.41) is 23.7. The first-order valence-electron chi connectivity index (χ1n) is 6.80. The number of aliphatic hydroxyl groups excluding tert-OH is 1. The van der Waals surface area contributed by atoms with Crippen LogP contribution >= 0.6 is 0 Å². The lowest BCUT2D eigenvalue weighted by molar-refractivity contribution is -0.123. The molecule has 8 heteroatoms. The van der Waals surface area contributed by atoms with Crippen molar-refractivity contribution in [2.24, 2.45) is 5.92 Å². The van der Waals surface area contributed by atoms with Gasteiger partial charge in [0.05, 0.1) is 18.9 Å². The minimum absolute atomic E-state index is 0.0533. The Bertz CT molecular complexity index is 564. The second-order valence-corrected chi connectivity index (χ2v) is 5.20. The molecule has 2 heterocycles. The van der Waals surface area contributed by atoms with Crippen LogP contribution in [0.15, 0.2) is 22.8 Å². The number of aliphatic hydroxyl groups is 1. The molecule has 0 aliphatic heterocycles. The summed E-state index contributed by atoms with van der Waals surface area (Å²) in [5.74, 6) is 0.944. The maximum atomic E-state index is 11.9. The summed E-state index contributed by atoms with van der Waals surface area (Å²) in [6.07, 6.45) is 2.23. The average Bonchev–Trinajstić information content (AvgIpc) is 3.07.